The van der Waals surface area contributed by atoms with Crippen LogP contribution in [0.25, 0.3) is 0 Å². The van der Waals surface area contributed by atoms with Gasteiger partial charge in [0.25, 0.3) is 0 Å². The molecule has 2 nitrogen and oxygen atoms in total. The summed E-state index contributed by atoms with van der Waals surface area (Å²) in [6.07, 6.45) is 2.61. The Morgan fingerprint density at radius 2 is 2.27 bits per heavy atom. The number of carbonyl (C=O) groups excluding carboxylic acids is 1. The summed E-state index contributed by atoms with van der Waals surface area (Å²) in [6, 6.07) is 1.93. The first kappa shape index (κ1) is 12.4. The maximum atomic E-state index is 11.8. The van der Waals surface area contributed by atoms with Gasteiger partial charge in [-0.25, -0.2) is 0 Å². The molecule has 1 atom stereocenters. The molecular formula is C12H19NOS. The minimum Gasteiger partial charge on any atom is -0.330 e. The van der Waals surface area contributed by atoms with E-state index in [1.54, 1.807) is 11.3 Å². The molecule has 0 amide bonds. The predicted octanol–water partition coefficient (Wildman–Crippen LogP) is 3.00. The number of aryl methyl sites for hydroxylation is 1. The Morgan fingerprint density at radius 3 is 2.80 bits per heavy atom. The number of ketones is 1. The molecule has 2 N–H and O–H groups in total. The van der Waals surface area contributed by atoms with Gasteiger partial charge in [0.1, 0.15) is 0 Å². The first-order valence-electron chi connectivity index (χ1n) is 5.42. The molecule has 3 heteroatoms. The van der Waals surface area contributed by atoms with Gasteiger partial charge in [0.05, 0.1) is 0 Å². The molecule has 0 radical (unpaired) electrons. The number of rotatable bonds is 6. The summed E-state index contributed by atoms with van der Waals surface area (Å²) in [4.78, 5) is 12.9. The zero-order valence-corrected chi connectivity index (χ0v) is 10.3. The van der Waals surface area contributed by atoms with E-state index in [2.05, 4.69) is 6.92 Å². The number of carbonyl (C=O) groups is 1. The average molecular weight is 225 g/mol. The monoisotopic (exact) mass is 225 g/mol. The van der Waals surface area contributed by atoms with Crippen LogP contribution < -0.4 is 5.73 Å². The minimum atomic E-state index is 0.276. The van der Waals surface area contributed by atoms with E-state index >= 15 is 0 Å². The smallest absolute Gasteiger partial charge is 0.163 e. The summed E-state index contributed by atoms with van der Waals surface area (Å²) >= 11 is 1.64. The van der Waals surface area contributed by atoms with Crippen LogP contribution in [0, 0.1) is 12.8 Å². The summed E-state index contributed by atoms with van der Waals surface area (Å²) in [6.45, 7) is 4.87. The first-order valence-corrected chi connectivity index (χ1v) is 6.30. The van der Waals surface area contributed by atoms with Crippen LogP contribution in [0.3, 0.4) is 0 Å². The molecule has 1 aromatic rings. The summed E-state index contributed by atoms with van der Waals surface area (Å²) < 4.78 is 0. The molecule has 1 unspecified atom stereocenters. The first-order chi connectivity index (χ1) is 7.15. The molecule has 0 aromatic carbocycles. The maximum Gasteiger partial charge on any atom is 0.163 e. The van der Waals surface area contributed by atoms with Crippen molar-refractivity contribution in [3.63, 3.8) is 0 Å². The van der Waals surface area contributed by atoms with Gasteiger partial charge in [0.2, 0.25) is 0 Å². The fraction of sp³-hybridized carbons (Fsp3) is 0.583. The standard InChI is InChI=1S/C12H19NOS/c1-9(5-7-13)3-4-12(14)11-6-8-15-10(11)2/h6,8-9H,3-5,7,13H2,1-2H3. The van der Waals surface area contributed by atoms with E-state index in [1.165, 1.54) is 0 Å². The van der Waals surface area contributed by atoms with E-state index in [1.807, 2.05) is 18.4 Å². The Balaban J connectivity index is 2.40. The number of thiophene rings is 1. The predicted molar refractivity (Wildman–Crippen MR) is 65.5 cm³/mol. The highest BCUT2D eigenvalue weighted by atomic mass is 32.1. The van der Waals surface area contributed by atoms with Gasteiger partial charge in [-0.3, -0.25) is 4.79 Å². The molecule has 15 heavy (non-hydrogen) atoms. The van der Waals surface area contributed by atoms with Gasteiger partial charge in [-0.15, -0.1) is 11.3 Å². The largest absolute Gasteiger partial charge is 0.330 e. The van der Waals surface area contributed by atoms with E-state index in [0.717, 1.165) is 23.3 Å². The lowest BCUT2D eigenvalue weighted by atomic mass is 9.98. The molecule has 0 aliphatic rings. The van der Waals surface area contributed by atoms with Crippen LogP contribution >= 0.6 is 11.3 Å². The van der Waals surface area contributed by atoms with Crippen molar-refractivity contribution in [1.82, 2.24) is 0 Å². The Morgan fingerprint density at radius 1 is 1.53 bits per heavy atom. The Bertz CT molecular complexity index is 319. The molecule has 0 bridgehead atoms. The maximum absolute atomic E-state index is 11.8. The lowest BCUT2D eigenvalue weighted by Crippen LogP contribution is -2.08. The van der Waals surface area contributed by atoms with Crippen LogP contribution in [0.2, 0.25) is 0 Å². The van der Waals surface area contributed by atoms with E-state index in [0.29, 0.717) is 18.9 Å². The van der Waals surface area contributed by atoms with Gasteiger partial charge < -0.3 is 5.73 Å². The fourth-order valence-corrected chi connectivity index (χ4v) is 2.33. The summed E-state index contributed by atoms with van der Waals surface area (Å²) in [5, 5.41) is 1.98. The van der Waals surface area contributed by atoms with Crippen molar-refractivity contribution >= 4 is 17.1 Å². The van der Waals surface area contributed by atoms with Gasteiger partial charge in [-0.2, -0.15) is 0 Å². The second-order valence-corrected chi connectivity index (χ2v) is 5.16. The minimum absolute atomic E-state index is 0.276. The molecule has 0 aliphatic heterocycles. The van der Waals surface area contributed by atoms with Crippen LogP contribution in [0.4, 0.5) is 0 Å². The number of hydrogen-bond acceptors (Lipinski definition) is 3. The molecule has 0 saturated heterocycles. The highest BCUT2D eigenvalue weighted by Crippen LogP contribution is 2.19. The molecular weight excluding hydrogens is 206 g/mol. The number of hydrogen-bond donors (Lipinski definition) is 1. The third kappa shape index (κ3) is 3.76. The Kier molecular flexibility index (Phi) is 4.99. The normalized spacial score (nSPS) is 12.7. The van der Waals surface area contributed by atoms with Crippen LogP contribution in [0.5, 0.6) is 0 Å². The van der Waals surface area contributed by atoms with Crippen molar-refractivity contribution < 1.29 is 4.79 Å². The Hall–Kier alpha value is -0.670. The topological polar surface area (TPSA) is 43.1 Å². The number of nitrogens with two attached hydrogens (primary N) is 1. The van der Waals surface area contributed by atoms with Gasteiger partial charge in [0, 0.05) is 16.9 Å². The fourth-order valence-electron chi connectivity index (χ4n) is 1.62. The molecule has 0 aliphatic carbocycles. The van der Waals surface area contributed by atoms with E-state index in [-0.39, 0.29) is 5.78 Å². The zero-order valence-electron chi connectivity index (χ0n) is 9.45. The third-order valence-electron chi connectivity index (χ3n) is 2.68. The van der Waals surface area contributed by atoms with Crippen molar-refractivity contribution in [1.29, 1.82) is 0 Å². The third-order valence-corrected chi connectivity index (χ3v) is 3.53. The average Bonchev–Trinajstić information content (AvgIpc) is 2.61. The zero-order chi connectivity index (χ0) is 11.3. The lowest BCUT2D eigenvalue weighted by Gasteiger charge is -2.08. The van der Waals surface area contributed by atoms with Gasteiger partial charge in [-0.1, -0.05) is 6.92 Å². The van der Waals surface area contributed by atoms with Crippen LogP contribution in [-0.4, -0.2) is 12.3 Å². The van der Waals surface area contributed by atoms with Crippen molar-refractivity contribution in [3.05, 3.63) is 21.9 Å². The summed E-state index contributed by atoms with van der Waals surface area (Å²) in [5.41, 5.74) is 6.37. The molecule has 84 valence electrons. The van der Waals surface area contributed by atoms with Gasteiger partial charge >= 0.3 is 0 Å². The highest BCUT2D eigenvalue weighted by Gasteiger charge is 2.11. The van der Waals surface area contributed by atoms with E-state index in [4.69, 9.17) is 5.73 Å². The molecule has 1 rings (SSSR count). The second kappa shape index (κ2) is 6.03. The Labute approximate surface area is 95.5 Å². The molecule has 1 aromatic heterocycles. The highest BCUT2D eigenvalue weighted by molar-refractivity contribution is 7.10. The van der Waals surface area contributed by atoms with Crippen molar-refractivity contribution in [2.75, 3.05) is 6.54 Å². The van der Waals surface area contributed by atoms with Gasteiger partial charge in [0.15, 0.2) is 5.78 Å². The van der Waals surface area contributed by atoms with E-state index < -0.39 is 0 Å². The molecule has 0 spiro atoms. The van der Waals surface area contributed by atoms with Crippen LogP contribution in [0.1, 0.15) is 41.4 Å². The molecule has 1 heterocycles. The quantitative estimate of drug-likeness (QED) is 0.756. The molecule has 0 saturated carbocycles. The van der Waals surface area contributed by atoms with Gasteiger partial charge in [-0.05, 0) is 43.7 Å². The SMILES string of the molecule is Cc1sccc1C(=O)CCC(C)CCN. The second-order valence-electron chi connectivity index (χ2n) is 4.03. The van der Waals surface area contributed by atoms with Crippen molar-refractivity contribution in [2.24, 2.45) is 11.7 Å². The molecule has 0 fully saturated rings. The summed E-state index contributed by atoms with van der Waals surface area (Å²) in [7, 11) is 0. The van der Waals surface area contributed by atoms with E-state index in [9.17, 15) is 4.79 Å². The van der Waals surface area contributed by atoms with Crippen molar-refractivity contribution in [3.8, 4) is 0 Å². The summed E-state index contributed by atoms with van der Waals surface area (Å²) in [5.74, 6) is 0.829. The van der Waals surface area contributed by atoms with Crippen LogP contribution in [-0.2, 0) is 0 Å². The van der Waals surface area contributed by atoms with Crippen molar-refractivity contribution in [2.45, 2.75) is 33.1 Å². The number of Topliss-reactive ketones (excluding diaryl/α,β-unsaturated/α-hetero) is 1. The van der Waals surface area contributed by atoms with Crippen LogP contribution in [0.15, 0.2) is 11.4 Å². The lowest BCUT2D eigenvalue weighted by molar-refractivity contribution is 0.0974.